The van der Waals surface area contributed by atoms with Crippen LogP contribution < -0.4 is 19.5 Å². The van der Waals surface area contributed by atoms with Gasteiger partial charge in [-0.3, -0.25) is 14.5 Å². The Labute approximate surface area is 316 Å². The summed E-state index contributed by atoms with van der Waals surface area (Å²) in [6.45, 7) is 2.57. The molecule has 54 heavy (non-hydrogen) atoms. The van der Waals surface area contributed by atoms with Gasteiger partial charge in [-0.15, -0.1) is 0 Å². The summed E-state index contributed by atoms with van der Waals surface area (Å²) in [6.07, 6.45) is -2.45. The molecule has 0 radical (unpaired) electrons. The van der Waals surface area contributed by atoms with E-state index in [1.165, 1.54) is 26.0 Å². The summed E-state index contributed by atoms with van der Waals surface area (Å²) in [5.41, 5.74) is 4.37. The molecule has 4 aromatic rings. The minimum absolute atomic E-state index is 0.0767. The second-order valence-electron chi connectivity index (χ2n) is 13.8. The van der Waals surface area contributed by atoms with Crippen LogP contribution in [0.2, 0.25) is 5.02 Å². The van der Waals surface area contributed by atoms with Crippen LogP contribution in [0, 0.1) is 5.92 Å². The van der Waals surface area contributed by atoms with Crippen molar-refractivity contribution < 1.29 is 42.1 Å². The van der Waals surface area contributed by atoms with Gasteiger partial charge in [0, 0.05) is 48.2 Å². The molecule has 2 aromatic heterocycles. The number of alkyl halides is 3. The number of nitrogens with zero attached hydrogens (tertiary/aromatic N) is 3. The fourth-order valence-electron chi connectivity index (χ4n) is 7.17. The molecule has 0 amide bonds. The number of ketones is 1. The largest absolute Gasteiger partial charge is 0.481 e. The van der Waals surface area contributed by atoms with Crippen LogP contribution in [0.1, 0.15) is 66.5 Å². The first-order chi connectivity index (χ1) is 25.8. The Kier molecular flexibility index (Phi) is 11.8. The van der Waals surface area contributed by atoms with Gasteiger partial charge < -0.3 is 24.6 Å². The molecular formula is C40H42ClF3N4O6. The molecule has 0 aliphatic heterocycles. The van der Waals surface area contributed by atoms with Crippen molar-refractivity contribution in [2.24, 2.45) is 5.92 Å². The van der Waals surface area contributed by atoms with Crippen molar-refractivity contribution in [2.45, 2.75) is 70.4 Å². The quantitative estimate of drug-likeness (QED) is 0.131. The second-order valence-corrected chi connectivity index (χ2v) is 14.1. The molecule has 6 rings (SSSR count). The summed E-state index contributed by atoms with van der Waals surface area (Å²) >= 11 is 7.10. The Bertz CT molecular complexity index is 2040. The van der Waals surface area contributed by atoms with Crippen LogP contribution >= 0.6 is 11.6 Å². The number of halogens is 4. The van der Waals surface area contributed by atoms with Crippen molar-refractivity contribution in [2.75, 3.05) is 27.8 Å². The summed E-state index contributed by atoms with van der Waals surface area (Å²) in [5, 5.41) is 13.3. The molecule has 2 aliphatic carbocycles. The summed E-state index contributed by atoms with van der Waals surface area (Å²) in [7, 11) is 4.35. The lowest BCUT2D eigenvalue weighted by Gasteiger charge is -2.24. The smallest absolute Gasteiger partial charge is 0.421 e. The lowest BCUT2D eigenvalue weighted by atomic mass is 9.94. The van der Waals surface area contributed by atoms with Crippen molar-refractivity contribution in [1.82, 2.24) is 20.2 Å². The number of hydrogen-bond donors (Lipinski definition) is 2. The van der Waals surface area contributed by atoms with Gasteiger partial charge in [0.1, 0.15) is 23.5 Å². The number of carbonyl (C=O) groups is 2. The first-order valence-electron chi connectivity index (χ1n) is 17.7. The predicted molar refractivity (Wildman–Crippen MR) is 197 cm³/mol. The number of methoxy groups -OCH3 is 2. The van der Waals surface area contributed by atoms with Crippen LogP contribution in [0.5, 0.6) is 17.6 Å². The fourth-order valence-corrected chi connectivity index (χ4v) is 7.49. The molecule has 3 atom stereocenters. The highest BCUT2D eigenvalue weighted by Crippen LogP contribution is 2.46. The molecule has 0 saturated heterocycles. The molecule has 1 fully saturated rings. The van der Waals surface area contributed by atoms with E-state index in [-0.39, 0.29) is 18.0 Å². The molecule has 2 N–H and O–H groups in total. The van der Waals surface area contributed by atoms with Gasteiger partial charge in [0.15, 0.2) is 0 Å². The number of pyridine rings is 2. The number of fused-ring (bicyclic) bond motifs is 1. The zero-order valence-corrected chi connectivity index (χ0v) is 31.2. The van der Waals surface area contributed by atoms with Crippen molar-refractivity contribution in [3.8, 4) is 40.0 Å². The Morgan fingerprint density at radius 1 is 0.981 bits per heavy atom. The Hall–Kier alpha value is -4.72. The molecule has 2 heterocycles. The minimum atomic E-state index is -4.81. The number of carboxylic acids is 1. The van der Waals surface area contributed by atoms with E-state index in [2.05, 4.69) is 10.3 Å². The molecular weight excluding hydrogens is 725 g/mol. The zero-order chi connectivity index (χ0) is 38.7. The monoisotopic (exact) mass is 766 g/mol. The van der Waals surface area contributed by atoms with E-state index >= 15 is 0 Å². The summed E-state index contributed by atoms with van der Waals surface area (Å²) in [6, 6.07) is 15.0. The second kappa shape index (κ2) is 16.3. The lowest BCUT2D eigenvalue weighted by molar-refractivity contribution is -0.142. The average Bonchev–Trinajstić information content (AvgIpc) is 3.76. The standard InChI is InChI=1S/C40H42ClF3N4O6/c1-22(39(50)51)48(2)21-25-18-32(40(42,43)44)38(47-37(25)53-4)54-34-16-14-28-27(7-5-8-29(28)34)30-9-6-10-31(35(30)41)33-15-12-24(36(46-33)52-3)20-45-19-23-11-13-26(49)17-23/h5-10,12,15,18,22-23,34,45H,11,13-14,16-17,19-21H2,1-4H3,(H,50,51)/t22-,23+,34-/m0/s1. The fraction of sp³-hybridized carbons (Fsp3) is 0.400. The summed E-state index contributed by atoms with van der Waals surface area (Å²) in [5.74, 6) is -0.700. The van der Waals surface area contributed by atoms with Crippen molar-refractivity contribution in [3.05, 3.63) is 87.4 Å². The van der Waals surface area contributed by atoms with Gasteiger partial charge in [-0.05, 0) is 74.5 Å². The van der Waals surface area contributed by atoms with Gasteiger partial charge in [0.05, 0.1) is 24.9 Å². The molecule has 0 spiro atoms. The van der Waals surface area contributed by atoms with Gasteiger partial charge in [-0.1, -0.05) is 54.1 Å². The van der Waals surface area contributed by atoms with Crippen LogP contribution in [0.4, 0.5) is 13.2 Å². The van der Waals surface area contributed by atoms with Gasteiger partial charge in [-0.2, -0.15) is 18.2 Å². The SMILES string of the molecule is COc1nc(-c2cccc(-c3cccc4c3CC[C@@H]4Oc3nc(OC)c(CN(C)[C@@H](C)C(=O)O)cc3C(F)(F)F)c2Cl)ccc1CNC[C@@H]1CCC(=O)C1. The van der Waals surface area contributed by atoms with Gasteiger partial charge in [0.2, 0.25) is 17.6 Å². The van der Waals surface area contributed by atoms with E-state index in [0.717, 1.165) is 46.8 Å². The number of Topliss-reactive ketones (excluding diaryl/α,β-unsaturated/α-hetero) is 1. The minimum Gasteiger partial charge on any atom is -0.481 e. The maximum atomic E-state index is 14.5. The molecule has 1 saturated carbocycles. The summed E-state index contributed by atoms with van der Waals surface area (Å²) in [4.78, 5) is 33.4. The number of carbonyl (C=O) groups excluding carboxylic acids is 1. The first kappa shape index (κ1) is 39.0. The molecule has 2 aromatic carbocycles. The predicted octanol–water partition coefficient (Wildman–Crippen LogP) is 7.93. The topological polar surface area (TPSA) is 123 Å². The molecule has 0 unspecified atom stereocenters. The van der Waals surface area contributed by atoms with Crippen LogP contribution in [-0.2, 0) is 35.3 Å². The Morgan fingerprint density at radius 2 is 1.69 bits per heavy atom. The molecule has 286 valence electrons. The van der Waals surface area contributed by atoms with E-state index in [0.29, 0.717) is 66.1 Å². The molecule has 10 nitrogen and oxygen atoms in total. The normalized spacial score (nSPS) is 17.5. The highest BCUT2D eigenvalue weighted by atomic mass is 35.5. The number of aliphatic carboxylic acids is 1. The van der Waals surface area contributed by atoms with E-state index in [1.54, 1.807) is 7.11 Å². The lowest BCUT2D eigenvalue weighted by Crippen LogP contribution is -2.35. The third-order valence-electron chi connectivity index (χ3n) is 10.2. The van der Waals surface area contributed by atoms with E-state index in [4.69, 9.17) is 30.8 Å². The average molecular weight is 767 g/mol. The number of likely N-dealkylation sites (N-methyl/N-ethyl adjacent to an activating group) is 1. The number of benzene rings is 2. The highest BCUT2D eigenvalue weighted by molar-refractivity contribution is 6.36. The highest BCUT2D eigenvalue weighted by Gasteiger charge is 2.39. The van der Waals surface area contributed by atoms with Gasteiger partial charge in [0.25, 0.3) is 0 Å². The number of nitrogens with one attached hydrogen (secondary N) is 1. The molecule has 2 aliphatic rings. The maximum absolute atomic E-state index is 14.5. The maximum Gasteiger partial charge on any atom is 0.421 e. The third kappa shape index (κ3) is 8.33. The first-order valence-corrected chi connectivity index (χ1v) is 18.1. The van der Waals surface area contributed by atoms with Crippen LogP contribution in [-0.4, -0.2) is 65.6 Å². The van der Waals surface area contributed by atoms with Gasteiger partial charge >= 0.3 is 12.1 Å². The van der Waals surface area contributed by atoms with Crippen molar-refractivity contribution in [1.29, 1.82) is 0 Å². The van der Waals surface area contributed by atoms with Crippen molar-refractivity contribution >= 4 is 23.4 Å². The van der Waals surface area contributed by atoms with Crippen LogP contribution in [0.25, 0.3) is 22.4 Å². The zero-order valence-electron chi connectivity index (χ0n) is 30.4. The Balaban J connectivity index is 1.26. The van der Waals surface area contributed by atoms with E-state index < -0.39 is 35.7 Å². The van der Waals surface area contributed by atoms with Crippen molar-refractivity contribution in [3.63, 3.8) is 0 Å². The number of aromatic nitrogens is 2. The third-order valence-corrected chi connectivity index (χ3v) is 10.6. The number of ether oxygens (including phenoxy) is 3. The number of carboxylic acid groups (broad SMARTS) is 1. The van der Waals surface area contributed by atoms with Crippen LogP contribution in [0.3, 0.4) is 0 Å². The summed E-state index contributed by atoms with van der Waals surface area (Å²) < 4.78 is 60.4. The van der Waals surface area contributed by atoms with E-state index in [1.807, 2.05) is 48.5 Å². The molecule has 0 bridgehead atoms. The number of rotatable bonds is 14. The molecule has 14 heteroatoms. The van der Waals surface area contributed by atoms with Crippen LogP contribution in [0.15, 0.2) is 54.6 Å². The van der Waals surface area contributed by atoms with Gasteiger partial charge in [-0.25, -0.2) is 4.98 Å². The Morgan fingerprint density at radius 3 is 2.37 bits per heavy atom. The van der Waals surface area contributed by atoms with E-state index in [9.17, 15) is 27.9 Å². The number of hydrogen-bond acceptors (Lipinski definition) is 9.